The van der Waals surface area contributed by atoms with Gasteiger partial charge in [0, 0.05) is 12.8 Å². The standard InChI is InChI=1S/C14H27NO/c1-3-5-6-12(4-2)9-14(16)10-13-7-8-15-11-13/h12-13,15H,3-11H2,1-2H3. The highest BCUT2D eigenvalue weighted by Crippen LogP contribution is 2.20. The number of carbonyl (C=O) groups excluding carboxylic acids is 1. The van der Waals surface area contributed by atoms with Crippen LogP contribution in [0.5, 0.6) is 0 Å². The fourth-order valence-corrected chi connectivity index (χ4v) is 2.56. The zero-order valence-corrected chi connectivity index (χ0v) is 10.9. The first-order valence-electron chi connectivity index (χ1n) is 6.98. The van der Waals surface area contributed by atoms with Crippen LogP contribution in [0.2, 0.25) is 0 Å². The number of hydrogen-bond donors (Lipinski definition) is 1. The second-order valence-corrected chi connectivity index (χ2v) is 5.22. The van der Waals surface area contributed by atoms with E-state index in [2.05, 4.69) is 19.2 Å². The average molecular weight is 225 g/mol. The van der Waals surface area contributed by atoms with Crippen LogP contribution in [-0.2, 0) is 4.79 Å². The summed E-state index contributed by atoms with van der Waals surface area (Å²) in [5, 5.41) is 3.33. The van der Waals surface area contributed by atoms with Gasteiger partial charge in [-0.3, -0.25) is 4.79 Å². The number of hydrogen-bond acceptors (Lipinski definition) is 2. The first-order chi connectivity index (χ1) is 7.76. The predicted molar refractivity (Wildman–Crippen MR) is 68.5 cm³/mol. The second kappa shape index (κ2) is 7.83. The molecule has 0 aliphatic carbocycles. The van der Waals surface area contributed by atoms with Gasteiger partial charge >= 0.3 is 0 Å². The van der Waals surface area contributed by atoms with E-state index in [1.54, 1.807) is 0 Å². The maximum Gasteiger partial charge on any atom is 0.133 e. The van der Waals surface area contributed by atoms with Gasteiger partial charge in [0.25, 0.3) is 0 Å². The quantitative estimate of drug-likeness (QED) is 0.687. The minimum atomic E-state index is 0.497. The van der Waals surface area contributed by atoms with E-state index in [0.717, 1.165) is 32.4 Å². The van der Waals surface area contributed by atoms with Crippen LogP contribution in [-0.4, -0.2) is 18.9 Å². The lowest BCUT2D eigenvalue weighted by atomic mass is 9.90. The van der Waals surface area contributed by atoms with E-state index in [1.165, 1.54) is 25.7 Å². The van der Waals surface area contributed by atoms with Gasteiger partial charge in [0.15, 0.2) is 0 Å². The molecule has 0 amide bonds. The maximum atomic E-state index is 11.9. The van der Waals surface area contributed by atoms with Crippen molar-refractivity contribution in [1.82, 2.24) is 5.32 Å². The van der Waals surface area contributed by atoms with Gasteiger partial charge in [-0.2, -0.15) is 0 Å². The third-order valence-electron chi connectivity index (χ3n) is 3.74. The molecule has 1 aliphatic heterocycles. The molecule has 16 heavy (non-hydrogen) atoms. The molecule has 1 fully saturated rings. The van der Waals surface area contributed by atoms with Gasteiger partial charge in [-0.1, -0.05) is 39.5 Å². The molecule has 1 saturated heterocycles. The molecule has 1 rings (SSSR count). The Morgan fingerprint density at radius 3 is 2.81 bits per heavy atom. The summed E-state index contributed by atoms with van der Waals surface area (Å²) in [6, 6.07) is 0. The van der Waals surface area contributed by atoms with Crippen molar-refractivity contribution >= 4 is 5.78 Å². The van der Waals surface area contributed by atoms with Crippen LogP contribution in [0.1, 0.15) is 58.8 Å². The summed E-state index contributed by atoms with van der Waals surface area (Å²) in [5.74, 6) is 1.76. The fraction of sp³-hybridized carbons (Fsp3) is 0.929. The highest BCUT2D eigenvalue weighted by atomic mass is 16.1. The van der Waals surface area contributed by atoms with Gasteiger partial charge in [0.05, 0.1) is 0 Å². The van der Waals surface area contributed by atoms with Crippen LogP contribution in [0.25, 0.3) is 0 Å². The lowest BCUT2D eigenvalue weighted by Crippen LogP contribution is -2.15. The molecule has 2 atom stereocenters. The SMILES string of the molecule is CCCCC(CC)CC(=O)CC1CCNC1. The maximum absolute atomic E-state index is 11.9. The lowest BCUT2D eigenvalue weighted by Gasteiger charge is -2.14. The third-order valence-corrected chi connectivity index (χ3v) is 3.74. The number of nitrogens with one attached hydrogen (secondary N) is 1. The van der Waals surface area contributed by atoms with Crippen molar-refractivity contribution < 1.29 is 4.79 Å². The van der Waals surface area contributed by atoms with E-state index in [9.17, 15) is 4.79 Å². The van der Waals surface area contributed by atoms with Crippen LogP contribution < -0.4 is 5.32 Å². The fourth-order valence-electron chi connectivity index (χ4n) is 2.56. The Balaban J connectivity index is 2.19. The minimum absolute atomic E-state index is 0.497. The highest BCUT2D eigenvalue weighted by molar-refractivity contribution is 5.78. The first kappa shape index (κ1) is 13.7. The number of ketones is 1. The summed E-state index contributed by atoms with van der Waals surface area (Å²) in [6.45, 7) is 6.59. The van der Waals surface area contributed by atoms with Crippen LogP contribution in [0.15, 0.2) is 0 Å². The highest BCUT2D eigenvalue weighted by Gasteiger charge is 2.19. The van der Waals surface area contributed by atoms with Crippen LogP contribution in [0.3, 0.4) is 0 Å². The average Bonchev–Trinajstić information content (AvgIpc) is 2.76. The van der Waals surface area contributed by atoms with Crippen molar-refractivity contribution in [3.63, 3.8) is 0 Å². The van der Waals surface area contributed by atoms with Crippen molar-refractivity contribution in [2.24, 2.45) is 11.8 Å². The Bertz CT molecular complexity index is 197. The minimum Gasteiger partial charge on any atom is -0.316 e. The first-order valence-corrected chi connectivity index (χ1v) is 6.98. The summed E-state index contributed by atoms with van der Waals surface area (Å²) < 4.78 is 0. The summed E-state index contributed by atoms with van der Waals surface area (Å²) in [6.07, 6.45) is 7.75. The van der Waals surface area contributed by atoms with E-state index in [1.807, 2.05) is 0 Å². The predicted octanol–water partition coefficient (Wildman–Crippen LogP) is 3.16. The lowest BCUT2D eigenvalue weighted by molar-refractivity contribution is -0.120. The smallest absolute Gasteiger partial charge is 0.133 e. The van der Waals surface area contributed by atoms with E-state index in [0.29, 0.717) is 17.6 Å². The van der Waals surface area contributed by atoms with Crippen LogP contribution >= 0.6 is 0 Å². The van der Waals surface area contributed by atoms with Gasteiger partial charge in [-0.05, 0) is 31.3 Å². The Kier molecular flexibility index (Phi) is 6.70. The summed E-state index contributed by atoms with van der Waals surface area (Å²) in [4.78, 5) is 11.9. The molecule has 94 valence electrons. The van der Waals surface area contributed by atoms with Crippen molar-refractivity contribution in [3.8, 4) is 0 Å². The third kappa shape index (κ3) is 5.11. The number of unbranched alkanes of at least 4 members (excludes halogenated alkanes) is 1. The molecule has 0 spiro atoms. The van der Waals surface area contributed by atoms with Crippen molar-refractivity contribution in [2.45, 2.75) is 58.8 Å². The van der Waals surface area contributed by atoms with Crippen LogP contribution in [0, 0.1) is 11.8 Å². The summed E-state index contributed by atoms with van der Waals surface area (Å²) in [7, 11) is 0. The molecule has 1 N–H and O–H groups in total. The van der Waals surface area contributed by atoms with Crippen LogP contribution in [0.4, 0.5) is 0 Å². The second-order valence-electron chi connectivity index (χ2n) is 5.22. The Morgan fingerprint density at radius 2 is 2.25 bits per heavy atom. The van der Waals surface area contributed by atoms with E-state index in [-0.39, 0.29) is 0 Å². The van der Waals surface area contributed by atoms with Gasteiger partial charge in [0.2, 0.25) is 0 Å². The Hall–Kier alpha value is -0.370. The Morgan fingerprint density at radius 1 is 1.44 bits per heavy atom. The topological polar surface area (TPSA) is 29.1 Å². The van der Waals surface area contributed by atoms with Crippen molar-refractivity contribution in [2.75, 3.05) is 13.1 Å². The number of Topliss-reactive ketones (excluding diaryl/α,β-unsaturated/α-hetero) is 1. The molecule has 1 heterocycles. The Labute approximate surface area is 100 Å². The molecule has 2 unspecified atom stereocenters. The van der Waals surface area contributed by atoms with Gasteiger partial charge in [-0.15, -0.1) is 0 Å². The molecule has 0 bridgehead atoms. The van der Waals surface area contributed by atoms with E-state index < -0.39 is 0 Å². The molecule has 0 radical (unpaired) electrons. The van der Waals surface area contributed by atoms with Gasteiger partial charge in [-0.25, -0.2) is 0 Å². The molecule has 2 heteroatoms. The number of carbonyl (C=O) groups is 1. The molecule has 0 aromatic heterocycles. The van der Waals surface area contributed by atoms with Crippen molar-refractivity contribution in [1.29, 1.82) is 0 Å². The normalized spacial score (nSPS) is 22.2. The molecule has 1 aliphatic rings. The van der Waals surface area contributed by atoms with Gasteiger partial charge < -0.3 is 5.32 Å². The van der Waals surface area contributed by atoms with E-state index in [4.69, 9.17) is 0 Å². The summed E-state index contributed by atoms with van der Waals surface area (Å²) >= 11 is 0. The molecule has 2 nitrogen and oxygen atoms in total. The van der Waals surface area contributed by atoms with Gasteiger partial charge in [0.1, 0.15) is 5.78 Å². The molecule has 0 saturated carbocycles. The molecule has 0 aromatic carbocycles. The largest absolute Gasteiger partial charge is 0.316 e. The molecular weight excluding hydrogens is 198 g/mol. The molecule has 0 aromatic rings. The summed E-state index contributed by atoms with van der Waals surface area (Å²) in [5.41, 5.74) is 0. The van der Waals surface area contributed by atoms with E-state index >= 15 is 0 Å². The zero-order chi connectivity index (χ0) is 11.8. The van der Waals surface area contributed by atoms with Crippen molar-refractivity contribution in [3.05, 3.63) is 0 Å². The molecular formula is C14H27NO. The number of rotatable bonds is 8. The monoisotopic (exact) mass is 225 g/mol. The zero-order valence-electron chi connectivity index (χ0n) is 10.9.